The van der Waals surface area contributed by atoms with Crippen molar-refractivity contribution in [3.63, 3.8) is 0 Å². The molecular weight excluding hydrogens is 306 g/mol. The van der Waals surface area contributed by atoms with E-state index in [9.17, 15) is 9.59 Å². The minimum absolute atomic E-state index is 0.126. The zero-order chi connectivity index (χ0) is 17.5. The molecule has 0 saturated carbocycles. The van der Waals surface area contributed by atoms with Crippen molar-refractivity contribution in [1.29, 1.82) is 0 Å². The fourth-order valence-electron chi connectivity index (χ4n) is 2.12. The number of carbonyl (C=O) groups excluding carboxylic acids is 2. The Hall–Kier alpha value is -2.82. The molecule has 1 amide bonds. The van der Waals surface area contributed by atoms with E-state index in [-0.39, 0.29) is 5.91 Å². The van der Waals surface area contributed by atoms with E-state index in [1.807, 2.05) is 31.2 Å². The fraction of sp³-hybridized carbons (Fsp3) is 0.263. The fourth-order valence-corrected chi connectivity index (χ4v) is 2.12. The third-order valence-electron chi connectivity index (χ3n) is 3.62. The molecule has 2 aromatic carbocycles. The number of nitrogens with zero attached hydrogens (tertiary/aromatic N) is 1. The van der Waals surface area contributed by atoms with Crippen LogP contribution in [0.15, 0.2) is 48.5 Å². The second kappa shape index (κ2) is 8.15. The van der Waals surface area contributed by atoms with Gasteiger partial charge in [-0.05, 0) is 43.3 Å². The van der Waals surface area contributed by atoms with Gasteiger partial charge in [-0.15, -0.1) is 0 Å². The van der Waals surface area contributed by atoms with E-state index in [2.05, 4.69) is 4.74 Å². The van der Waals surface area contributed by atoms with Gasteiger partial charge in [-0.1, -0.05) is 17.7 Å². The van der Waals surface area contributed by atoms with E-state index < -0.39 is 5.97 Å². The average Bonchev–Trinajstić information content (AvgIpc) is 2.62. The van der Waals surface area contributed by atoms with E-state index in [1.165, 1.54) is 12.7 Å². The van der Waals surface area contributed by atoms with E-state index in [4.69, 9.17) is 4.74 Å². The zero-order valence-corrected chi connectivity index (χ0v) is 14.1. The number of ether oxygens (including phenoxy) is 2. The van der Waals surface area contributed by atoms with Crippen molar-refractivity contribution in [2.45, 2.75) is 6.92 Å². The van der Waals surface area contributed by atoms with Gasteiger partial charge in [-0.2, -0.15) is 0 Å². The van der Waals surface area contributed by atoms with Gasteiger partial charge in [-0.3, -0.25) is 4.79 Å². The number of aryl methyl sites for hydroxylation is 1. The molecule has 0 aliphatic heterocycles. The highest BCUT2D eigenvalue weighted by molar-refractivity contribution is 5.96. The Morgan fingerprint density at radius 3 is 2.12 bits per heavy atom. The quantitative estimate of drug-likeness (QED) is 0.766. The van der Waals surface area contributed by atoms with Crippen LogP contribution in [-0.2, 0) is 4.74 Å². The molecule has 126 valence electrons. The number of carbonyl (C=O) groups is 2. The van der Waals surface area contributed by atoms with E-state index in [0.29, 0.717) is 24.3 Å². The number of hydrogen-bond donors (Lipinski definition) is 0. The molecule has 0 fully saturated rings. The van der Waals surface area contributed by atoms with Crippen molar-refractivity contribution in [1.82, 2.24) is 4.90 Å². The van der Waals surface area contributed by atoms with Crippen LogP contribution in [0.4, 0.5) is 0 Å². The van der Waals surface area contributed by atoms with E-state index in [1.54, 1.807) is 36.2 Å². The van der Waals surface area contributed by atoms with Crippen molar-refractivity contribution < 1.29 is 19.1 Å². The number of methoxy groups -OCH3 is 1. The van der Waals surface area contributed by atoms with Crippen molar-refractivity contribution >= 4 is 11.9 Å². The monoisotopic (exact) mass is 327 g/mol. The molecule has 0 atom stereocenters. The first-order valence-corrected chi connectivity index (χ1v) is 7.64. The highest BCUT2D eigenvalue weighted by Crippen LogP contribution is 2.12. The molecule has 0 aliphatic rings. The largest absolute Gasteiger partial charge is 0.492 e. The molecule has 0 unspecified atom stereocenters. The lowest BCUT2D eigenvalue weighted by molar-refractivity contribution is 0.0600. The highest BCUT2D eigenvalue weighted by atomic mass is 16.5. The van der Waals surface area contributed by atoms with Gasteiger partial charge in [0.05, 0.1) is 19.2 Å². The highest BCUT2D eigenvalue weighted by Gasteiger charge is 2.13. The molecule has 0 radical (unpaired) electrons. The number of hydrogen-bond acceptors (Lipinski definition) is 4. The van der Waals surface area contributed by atoms with Gasteiger partial charge in [0, 0.05) is 12.6 Å². The third kappa shape index (κ3) is 4.59. The summed E-state index contributed by atoms with van der Waals surface area (Å²) in [5.74, 6) is 0.233. The van der Waals surface area contributed by atoms with Crippen LogP contribution in [-0.4, -0.2) is 44.1 Å². The topological polar surface area (TPSA) is 55.8 Å². The van der Waals surface area contributed by atoms with Crippen LogP contribution >= 0.6 is 0 Å². The summed E-state index contributed by atoms with van der Waals surface area (Å²) in [5, 5.41) is 0. The molecule has 24 heavy (non-hydrogen) atoms. The summed E-state index contributed by atoms with van der Waals surface area (Å²) >= 11 is 0. The maximum absolute atomic E-state index is 12.3. The predicted octanol–water partition coefficient (Wildman–Crippen LogP) is 2.93. The summed E-state index contributed by atoms with van der Waals surface area (Å²) in [6, 6.07) is 14.2. The number of benzene rings is 2. The first-order valence-electron chi connectivity index (χ1n) is 7.64. The molecule has 0 bridgehead atoms. The standard InChI is InChI=1S/C19H21NO4/c1-14-4-10-17(11-5-14)24-13-12-20(2)18(21)15-6-8-16(9-7-15)19(22)23-3/h4-11H,12-13H2,1-3H3. The number of esters is 1. The predicted molar refractivity (Wildman–Crippen MR) is 91.4 cm³/mol. The number of likely N-dealkylation sites (N-methyl/N-ethyl adjacent to an activating group) is 1. The molecule has 0 saturated heterocycles. The van der Waals surface area contributed by atoms with E-state index >= 15 is 0 Å². The van der Waals surface area contributed by atoms with Gasteiger partial charge < -0.3 is 14.4 Å². The molecule has 0 N–H and O–H groups in total. The Morgan fingerprint density at radius 1 is 0.958 bits per heavy atom. The van der Waals surface area contributed by atoms with Crippen LogP contribution in [0, 0.1) is 6.92 Å². The Morgan fingerprint density at radius 2 is 1.54 bits per heavy atom. The zero-order valence-electron chi connectivity index (χ0n) is 14.1. The molecule has 0 spiro atoms. The lowest BCUT2D eigenvalue weighted by atomic mass is 10.1. The Bertz CT molecular complexity index is 692. The van der Waals surface area contributed by atoms with Gasteiger partial charge in [0.25, 0.3) is 5.91 Å². The first kappa shape index (κ1) is 17.5. The van der Waals surface area contributed by atoms with Crippen LogP contribution in [0.25, 0.3) is 0 Å². The van der Waals surface area contributed by atoms with Crippen molar-refractivity contribution in [2.75, 3.05) is 27.3 Å². The third-order valence-corrected chi connectivity index (χ3v) is 3.62. The molecule has 5 heteroatoms. The molecular formula is C19H21NO4. The number of rotatable bonds is 6. The van der Waals surface area contributed by atoms with Crippen molar-refractivity contribution in [2.24, 2.45) is 0 Å². The summed E-state index contributed by atoms with van der Waals surface area (Å²) in [5.41, 5.74) is 2.10. The van der Waals surface area contributed by atoms with Crippen LogP contribution in [0.5, 0.6) is 5.75 Å². The maximum Gasteiger partial charge on any atom is 0.337 e. The lowest BCUT2D eigenvalue weighted by Gasteiger charge is -2.17. The van der Waals surface area contributed by atoms with Crippen LogP contribution in [0.3, 0.4) is 0 Å². The molecule has 2 rings (SSSR count). The summed E-state index contributed by atoms with van der Waals surface area (Å²) in [7, 11) is 3.04. The van der Waals surface area contributed by atoms with Gasteiger partial charge in [0.15, 0.2) is 0 Å². The average molecular weight is 327 g/mol. The molecule has 5 nitrogen and oxygen atoms in total. The summed E-state index contributed by atoms with van der Waals surface area (Å²) < 4.78 is 10.3. The van der Waals surface area contributed by atoms with Crippen LogP contribution in [0.1, 0.15) is 26.3 Å². The molecule has 0 aliphatic carbocycles. The molecule has 0 heterocycles. The first-order chi connectivity index (χ1) is 11.5. The minimum Gasteiger partial charge on any atom is -0.492 e. The van der Waals surface area contributed by atoms with Gasteiger partial charge in [0.2, 0.25) is 0 Å². The summed E-state index contributed by atoms with van der Waals surface area (Å²) in [6.45, 7) is 2.89. The SMILES string of the molecule is COC(=O)c1ccc(C(=O)N(C)CCOc2ccc(C)cc2)cc1. The van der Waals surface area contributed by atoms with E-state index in [0.717, 1.165) is 5.75 Å². The smallest absolute Gasteiger partial charge is 0.337 e. The van der Waals surface area contributed by atoms with Gasteiger partial charge >= 0.3 is 5.97 Å². The Kier molecular flexibility index (Phi) is 5.95. The van der Waals surface area contributed by atoms with Crippen LogP contribution < -0.4 is 4.74 Å². The van der Waals surface area contributed by atoms with Crippen molar-refractivity contribution in [3.05, 3.63) is 65.2 Å². The summed E-state index contributed by atoms with van der Waals surface area (Å²) in [6.07, 6.45) is 0. The van der Waals surface area contributed by atoms with Crippen LogP contribution in [0.2, 0.25) is 0 Å². The summed E-state index contributed by atoms with van der Waals surface area (Å²) in [4.78, 5) is 25.3. The number of amides is 1. The maximum atomic E-state index is 12.3. The molecule has 2 aromatic rings. The Labute approximate surface area is 141 Å². The molecule has 0 aromatic heterocycles. The van der Waals surface area contributed by atoms with Gasteiger partial charge in [0.1, 0.15) is 12.4 Å². The van der Waals surface area contributed by atoms with Gasteiger partial charge in [-0.25, -0.2) is 4.79 Å². The normalized spacial score (nSPS) is 10.1. The minimum atomic E-state index is -0.422. The second-order valence-electron chi connectivity index (χ2n) is 5.46. The second-order valence-corrected chi connectivity index (χ2v) is 5.46. The van der Waals surface area contributed by atoms with Crippen molar-refractivity contribution in [3.8, 4) is 5.75 Å². The Balaban J connectivity index is 1.87. The lowest BCUT2D eigenvalue weighted by Crippen LogP contribution is -2.30.